The molecule has 0 heterocycles. The monoisotopic (exact) mass is 348 g/mol. The van der Waals surface area contributed by atoms with Gasteiger partial charge in [-0.1, -0.05) is 57.9 Å². The van der Waals surface area contributed by atoms with Gasteiger partial charge in [-0.2, -0.15) is 0 Å². The molecule has 3 rings (SSSR count). The molecule has 0 aliphatic heterocycles. The highest BCUT2D eigenvalue weighted by Crippen LogP contribution is 2.42. The van der Waals surface area contributed by atoms with Crippen LogP contribution in [0.2, 0.25) is 0 Å². The Bertz CT molecular complexity index is 523. The Morgan fingerprint density at radius 3 is 2.00 bits per heavy atom. The Hall–Kier alpha value is -0.920. The zero-order valence-corrected chi connectivity index (χ0v) is 15.8. The first kappa shape index (κ1) is 18.9. The first-order valence-corrected chi connectivity index (χ1v) is 10.6. The molecule has 2 aliphatic rings. The summed E-state index contributed by atoms with van der Waals surface area (Å²) in [6.07, 6.45) is 16.2. The third kappa shape index (κ3) is 5.28. The smallest absolute Gasteiger partial charge is 0.159 e. The highest BCUT2D eigenvalue weighted by molar-refractivity contribution is 5.22. The third-order valence-corrected chi connectivity index (χ3v) is 6.86. The van der Waals surface area contributed by atoms with Crippen molar-refractivity contribution in [2.45, 2.75) is 89.9 Å². The minimum absolute atomic E-state index is 0.427. The number of benzene rings is 1. The van der Waals surface area contributed by atoms with Crippen molar-refractivity contribution in [3.8, 4) is 0 Å². The van der Waals surface area contributed by atoms with E-state index in [4.69, 9.17) is 0 Å². The summed E-state index contributed by atoms with van der Waals surface area (Å²) in [6.45, 7) is 2.29. The summed E-state index contributed by atoms with van der Waals surface area (Å²) < 4.78 is 26.6. The molecule has 25 heavy (non-hydrogen) atoms. The Labute approximate surface area is 152 Å². The molecule has 2 aliphatic carbocycles. The van der Waals surface area contributed by atoms with Crippen LogP contribution in [-0.4, -0.2) is 0 Å². The number of rotatable bonds is 6. The molecule has 140 valence electrons. The van der Waals surface area contributed by atoms with E-state index in [9.17, 15) is 8.78 Å². The van der Waals surface area contributed by atoms with Gasteiger partial charge in [0.1, 0.15) is 0 Å². The fourth-order valence-electron chi connectivity index (χ4n) is 5.22. The van der Waals surface area contributed by atoms with Crippen molar-refractivity contribution in [2.75, 3.05) is 0 Å². The second-order valence-electron chi connectivity index (χ2n) is 8.66. The van der Waals surface area contributed by atoms with Crippen LogP contribution >= 0.6 is 0 Å². The first-order chi connectivity index (χ1) is 12.2. The summed E-state index contributed by atoms with van der Waals surface area (Å²) in [4.78, 5) is 0. The van der Waals surface area contributed by atoms with Gasteiger partial charge in [0.05, 0.1) is 0 Å². The highest BCUT2D eigenvalue weighted by atomic mass is 19.2. The lowest BCUT2D eigenvalue weighted by atomic mass is 9.71. The maximum absolute atomic E-state index is 13.5. The van der Waals surface area contributed by atoms with E-state index in [0.717, 1.165) is 36.2 Å². The SMILES string of the molecule is CCCCC1CCC(CC2CCC(c3ccc(F)c(F)c3)CC2)CC1. The van der Waals surface area contributed by atoms with Crippen LogP contribution in [0.5, 0.6) is 0 Å². The van der Waals surface area contributed by atoms with Gasteiger partial charge in [0, 0.05) is 0 Å². The van der Waals surface area contributed by atoms with Gasteiger partial charge in [-0.15, -0.1) is 0 Å². The summed E-state index contributed by atoms with van der Waals surface area (Å²) in [6, 6.07) is 4.48. The molecule has 0 amide bonds. The molecule has 1 aromatic rings. The van der Waals surface area contributed by atoms with Crippen LogP contribution in [0.1, 0.15) is 95.5 Å². The Balaban J connectivity index is 1.40. The second-order valence-corrected chi connectivity index (χ2v) is 8.66. The van der Waals surface area contributed by atoms with E-state index in [-0.39, 0.29) is 0 Å². The normalized spacial score (nSPS) is 30.4. The number of unbranched alkanes of at least 4 members (excludes halogenated alkanes) is 1. The van der Waals surface area contributed by atoms with E-state index < -0.39 is 11.6 Å². The van der Waals surface area contributed by atoms with E-state index in [1.54, 1.807) is 6.07 Å². The lowest BCUT2D eigenvalue weighted by molar-refractivity contribution is 0.199. The molecule has 0 radical (unpaired) electrons. The number of hydrogen-bond donors (Lipinski definition) is 0. The fourth-order valence-corrected chi connectivity index (χ4v) is 5.22. The van der Waals surface area contributed by atoms with Gasteiger partial charge in [-0.25, -0.2) is 8.78 Å². The quantitative estimate of drug-likeness (QED) is 0.496. The zero-order valence-electron chi connectivity index (χ0n) is 15.8. The van der Waals surface area contributed by atoms with Gasteiger partial charge in [-0.05, 0) is 73.5 Å². The van der Waals surface area contributed by atoms with Gasteiger partial charge >= 0.3 is 0 Å². The number of halogens is 2. The van der Waals surface area contributed by atoms with E-state index in [0.29, 0.717) is 5.92 Å². The largest absolute Gasteiger partial charge is 0.204 e. The average Bonchev–Trinajstić information content (AvgIpc) is 2.64. The second kappa shape index (κ2) is 9.14. The van der Waals surface area contributed by atoms with Gasteiger partial charge in [0.25, 0.3) is 0 Å². The lowest BCUT2D eigenvalue weighted by Gasteiger charge is -2.34. The third-order valence-electron chi connectivity index (χ3n) is 6.86. The molecule has 0 unspecified atom stereocenters. The van der Waals surface area contributed by atoms with Crippen LogP contribution in [-0.2, 0) is 0 Å². The van der Waals surface area contributed by atoms with Crippen LogP contribution in [0.3, 0.4) is 0 Å². The van der Waals surface area contributed by atoms with E-state index >= 15 is 0 Å². The maximum atomic E-state index is 13.5. The van der Waals surface area contributed by atoms with E-state index in [1.807, 2.05) is 0 Å². The zero-order chi connectivity index (χ0) is 17.6. The summed E-state index contributed by atoms with van der Waals surface area (Å²) in [7, 11) is 0. The van der Waals surface area contributed by atoms with Crippen molar-refractivity contribution in [1.82, 2.24) is 0 Å². The summed E-state index contributed by atoms with van der Waals surface area (Å²) in [5.41, 5.74) is 0.994. The molecule has 2 saturated carbocycles. The van der Waals surface area contributed by atoms with Crippen LogP contribution in [0.4, 0.5) is 8.78 Å². The predicted molar refractivity (Wildman–Crippen MR) is 101 cm³/mol. The first-order valence-electron chi connectivity index (χ1n) is 10.6. The highest BCUT2D eigenvalue weighted by Gasteiger charge is 2.27. The molecule has 0 atom stereocenters. The molecule has 0 spiro atoms. The van der Waals surface area contributed by atoms with E-state index in [2.05, 4.69) is 6.92 Å². The van der Waals surface area contributed by atoms with Gasteiger partial charge in [-0.3, -0.25) is 0 Å². The Kier molecular flexibility index (Phi) is 6.90. The van der Waals surface area contributed by atoms with Crippen molar-refractivity contribution < 1.29 is 8.78 Å². The number of hydrogen-bond acceptors (Lipinski definition) is 0. The Morgan fingerprint density at radius 1 is 0.800 bits per heavy atom. The van der Waals surface area contributed by atoms with Crippen molar-refractivity contribution in [2.24, 2.45) is 17.8 Å². The molecule has 0 aromatic heterocycles. The molecule has 0 nitrogen and oxygen atoms in total. The molecule has 2 heteroatoms. The topological polar surface area (TPSA) is 0 Å². The van der Waals surface area contributed by atoms with Crippen molar-refractivity contribution in [3.05, 3.63) is 35.4 Å². The summed E-state index contributed by atoms with van der Waals surface area (Å²) in [5.74, 6) is 1.81. The van der Waals surface area contributed by atoms with Crippen molar-refractivity contribution >= 4 is 0 Å². The standard InChI is InChI=1S/C23H34F2/c1-2-3-4-17-5-7-18(8-6-17)15-19-9-11-20(12-10-19)21-13-14-22(24)23(25)16-21/h13-14,16-20H,2-12,15H2,1H3. The molecule has 0 bridgehead atoms. The molecule has 2 fully saturated rings. The predicted octanol–water partition coefficient (Wildman–Crippen LogP) is 7.63. The van der Waals surface area contributed by atoms with Gasteiger partial charge in [0.15, 0.2) is 11.6 Å². The molecular weight excluding hydrogens is 314 g/mol. The van der Waals surface area contributed by atoms with Crippen molar-refractivity contribution in [1.29, 1.82) is 0 Å². The Morgan fingerprint density at radius 2 is 1.40 bits per heavy atom. The minimum atomic E-state index is -0.730. The van der Waals surface area contributed by atoms with Crippen molar-refractivity contribution in [3.63, 3.8) is 0 Å². The molecule has 1 aromatic carbocycles. The van der Waals surface area contributed by atoms with Crippen LogP contribution in [0.15, 0.2) is 18.2 Å². The van der Waals surface area contributed by atoms with Crippen LogP contribution in [0, 0.1) is 29.4 Å². The fraction of sp³-hybridized carbons (Fsp3) is 0.739. The maximum Gasteiger partial charge on any atom is 0.159 e. The van der Waals surface area contributed by atoms with Gasteiger partial charge < -0.3 is 0 Å². The van der Waals surface area contributed by atoms with E-state index in [1.165, 1.54) is 76.3 Å². The molecule has 0 saturated heterocycles. The van der Waals surface area contributed by atoms with Gasteiger partial charge in [0.2, 0.25) is 0 Å². The lowest BCUT2D eigenvalue weighted by Crippen LogP contribution is -2.20. The molecular formula is C23H34F2. The summed E-state index contributed by atoms with van der Waals surface area (Å²) >= 11 is 0. The average molecular weight is 349 g/mol. The van der Waals surface area contributed by atoms with Crippen LogP contribution < -0.4 is 0 Å². The summed E-state index contributed by atoms with van der Waals surface area (Å²) in [5, 5.41) is 0. The molecule has 0 N–H and O–H groups in total. The van der Waals surface area contributed by atoms with Crippen LogP contribution in [0.25, 0.3) is 0 Å². The minimum Gasteiger partial charge on any atom is -0.204 e.